The minimum Gasteiger partial charge on any atom is -0.480 e. The van der Waals surface area contributed by atoms with Crippen LogP contribution in [0.4, 0.5) is 5.95 Å². The molecule has 0 aliphatic heterocycles. The number of hydrogen-bond acceptors (Lipinski definition) is 5. The number of aliphatic hydroxyl groups excluding tert-OH is 1. The van der Waals surface area contributed by atoms with Gasteiger partial charge >= 0.3 is 0 Å². The van der Waals surface area contributed by atoms with Crippen LogP contribution in [0.2, 0.25) is 0 Å². The van der Waals surface area contributed by atoms with Crippen LogP contribution < -0.4 is 10.1 Å². The molecule has 0 bridgehead atoms. The van der Waals surface area contributed by atoms with E-state index >= 15 is 0 Å². The van der Waals surface area contributed by atoms with Crippen molar-refractivity contribution in [2.24, 2.45) is 5.41 Å². The molecule has 1 aromatic rings. The van der Waals surface area contributed by atoms with Crippen LogP contribution in [0.5, 0.6) is 5.88 Å². The predicted molar refractivity (Wildman–Crippen MR) is 77.4 cm³/mol. The van der Waals surface area contributed by atoms with Crippen molar-refractivity contribution >= 4 is 21.9 Å². The van der Waals surface area contributed by atoms with Crippen molar-refractivity contribution in [2.45, 2.75) is 32.1 Å². The molecule has 1 fully saturated rings. The first-order valence-corrected chi connectivity index (χ1v) is 7.40. The molecule has 0 amide bonds. The second-order valence-electron chi connectivity index (χ2n) is 5.12. The number of nitrogens with zero attached hydrogens (tertiary/aromatic N) is 2. The quantitative estimate of drug-likeness (QED) is 0.869. The van der Waals surface area contributed by atoms with Crippen LogP contribution in [0.1, 0.15) is 32.1 Å². The number of hydrogen-bond donors (Lipinski definition) is 2. The van der Waals surface area contributed by atoms with Gasteiger partial charge in [0.1, 0.15) is 0 Å². The van der Waals surface area contributed by atoms with Crippen LogP contribution in [0.25, 0.3) is 0 Å². The Morgan fingerprint density at radius 1 is 1.42 bits per heavy atom. The number of anilines is 1. The van der Waals surface area contributed by atoms with Gasteiger partial charge in [-0.15, -0.1) is 0 Å². The van der Waals surface area contributed by atoms with Crippen LogP contribution >= 0.6 is 15.9 Å². The highest BCUT2D eigenvalue weighted by atomic mass is 79.9. The molecule has 1 saturated carbocycles. The Hall–Kier alpha value is -0.880. The molecular weight excluding hydrogens is 310 g/mol. The Kier molecular flexibility index (Phi) is 4.99. The normalized spacial score (nSPS) is 18.1. The van der Waals surface area contributed by atoms with Crippen LogP contribution in [-0.2, 0) is 0 Å². The van der Waals surface area contributed by atoms with Crippen molar-refractivity contribution in [1.29, 1.82) is 0 Å². The predicted octanol–water partition coefficient (Wildman–Crippen LogP) is 2.60. The van der Waals surface area contributed by atoms with Crippen molar-refractivity contribution in [3.8, 4) is 5.88 Å². The van der Waals surface area contributed by atoms with Crippen LogP contribution in [0.15, 0.2) is 10.7 Å². The highest BCUT2D eigenvalue weighted by Crippen LogP contribution is 2.36. The van der Waals surface area contributed by atoms with E-state index in [1.54, 1.807) is 13.3 Å². The van der Waals surface area contributed by atoms with Gasteiger partial charge in [0, 0.05) is 12.0 Å². The molecule has 0 unspecified atom stereocenters. The number of aromatic nitrogens is 2. The Morgan fingerprint density at radius 2 is 2.16 bits per heavy atom. The number of aliphatic hydroxyl groups is 1. The summed E-state index contributed by atoms with van der Waals surface area (Å²) in [5, 5.41) is 12.9. The monoisotopic (exact) mass is 329 g/mol. The Bertz CT molecular complexity index is 422. The molecule has 0 aromatic carbocycles. The molecule has 1 heterocycles. The molecule has 0 radical (unpaired) electrons. The van der Waals surface area contributed by atoms with Crippen molar-refractivity contribution in [1.82, 2.24) is 9.97 Å². The van der Waals surface area contributed by atoms with E-state index in [2.05, 4.69) is 31.2 Å². The number of methoxy groups -OCH3 is 1. The van der Waals surface area contributed by atoms with Gasteiger partial charge in [-0.25, -0.2) is 4.98 Å². The maximum atomic E-state index is 9.65. The summed E-state index contributed by atoms with van der Waals surface area (Å²) in [6.45, 7) is 0.919. The fraction of sp³-hybridized carbons (Fsp3) is 0.692. The Morgan fingerprint density at radius 3 is 2.79 bits per heavy atom. The largest absolute Gasteiger partial charge is 0.480 e. The molecule has 6 heteroatoms. The third kappa shape index (κ3) is 3.57. The molecular formula is C13H20BrN3O2. The number of rotatable bonds is 5. The number of nitrogens with one attached hydrogen (secondary N) is 1. The summed E-state index contributed by atoms with van der Waals surface area (Å²) < 4.78 is 5.87. The van der Waals surface area contributed by atoms with Gasteiger partial charge in [-0.1, -0.05) is 19.3 Å². The second-order valence-corrected chi connectivity index (χ2v) is 5.98. The number of ether oxygens (including phenoxy) is 1. The lowest BCUT2D eigenvalue weighted by Gasteiger charge is -2.35. The molecule has 0 saturated heterocycles. The van der Waals surface area contributed by atoms with E-state index in [4.69, 9.17) is 4.74 Å². The summed E-state index contributed by atoms with van der Waals surface area (Å²) in [4.78, 5) is 8.47. The van der Waals surface area contributed by atoms with Gasteiger partial charge in [-0.3, -0.25) is 0 Å². The van der Waals surface area contributed by atoms with Crippen LogP contribution in [-0.4, -0.2) is 35.3 Å². The van der Waals surface area contributed by atoms with Gasteiger partial charge in [0.2, 0.25) is 11.8 Å². The summed E-state index contributed by atoms with van der Waals surface area (Å²) in [5.74, 6) is 1.05. The summed E-state index contributed by atoms with van der Waals surface area (Å²) in [5.41, 5.74) is -0.0259. The summed E-state index contributed by atoms with van der Waals surface area (Å²) in [7, 11) is 1.58. The zero-order chi connectivity index (χ0) is 13.7. The molecule has 2 N–H and O–H groups in total. The standard InChI is InChI=1S/C13H20BrN3O2/c1-19-11-10(14)7-15-12(17-11)16-8-13(9-18)5-3-2-4-6-13/h7,18H,2-6,8-9H2,1H3,(H,15,16,17). The van der Waals surface area contributed by atoms with Gasteiger partial charge in [-0.2, -0.15) is 4.98 Å². The summed E-state index contributed by atoms with van der Waals surface area (Å²) in [6, 6.07) is 0. The summed E-state index contributed by atoms with van der Waals surface area (Å²) >= 11 is 3.32. The van der Waals surface area contributed by atoms with Crippen molar-refractivity contribution < 1.29 is 9.84 Å². The van der Waals surface area contributed by atoms with Gasteiger partial charge in [0.05, 0.1) is 24.4 Å². The zero-order valence-corrected chi connectivity index (χ0v) is 12.7. The minimum absolute atomic E-state index is 0.0259. The Labute approximate surface area is 121 Å². The zero-order valence-electron chi connectivity index (χ0n) is 11.2. The van der Waals surface area contributed by atoms with E-state index in [-0.39, 0.29) is 12.0 Å². The maximum Gasteiger partial charge on any atom is 0.232 e. The van der Waals surface area contributed by atoms with Gasteiger partial charge in [-0.05, 0) is 28.8 Å². The Balaban J connectivity index is 2.00. The van der Waals surface area contributed by atoms with Gasteiger partial charge in [0.25, 0.3) is 0 Å². The van der Waals surface area contributed by atoms with E-state index < -0.39 is 0 Å². The lowest BCUT2D eigenvalue weighted by atomic mass is 9.74. The lowest BCUT2D eigenvalue weighted by molar-refractivity contribution is 0.0942. The molecule has 19 heavy (non-hydrogen) atoms. The van der Waals surface area contributed by atoms with E-state index in [0.717, 1.165) is 17.3 Å². The fourth-order valence-electron chi connectivity index (χ4n) is 2.54. The average molecular weight is 330 g/mol. The fourth-order valence-corrected chi connectivity index (χ4v) is 2.89. The molecule has 106 valence electrons. The van der Waals surface area contributed by atoms with E-state index in [0.29, 0.717) is 18.4 Å². The van der Waals surface area contributed by atoms with Gasteiger partial charge in [0.15, 0.2) is 0 Å². The second kappa shape index (κ2) is 6.52. The third-order valence-corrected chi connectivity index (χ3v) is 4.32. The minimum atomic E-state index is -0.0259. The molecule has 1 aromatic heterocycles. The first-order valence-electron chi connectivity index (χ1n) is 6.60. The molecule has 0 atom stereocenters. The van der Waals surface area contributed by atoms with E-state index in [1.807, 2.05) is 0 Å². The van der Waals surface area contributed by atoms with Gasteiger partial charge < -0.3 is 15.2 Å². The highest BCUT2D eigenvalue weighted by molar-refractivity contribution is 9.10. The van der Waals surface area contributed by atoms with E-state index in [1.165, 1.54) is 19.3 Å². The first-order chi connectivity index (χ1) is 9.19. The maximum absolute atomic E-state index is 9.65. The van der Waals surface area contributed by atoms with Crippen molar-refractivity contribution in [2.75, 3.05) is 25.6 Å². The molecule has 5 nitrogen and oxygen atoms in total. The van der Waals surface area contributed by atoms with Crippen LogP contribution in [0.3, 0.4) is 0 Å². The molecule has 1 aliphatic rings. The van der Waals surface area contributed by atoms with Crippen molar-refractivity contribution in [3.63, 3.8) is 0 Å². The first kappa shape index (κ1) is 14.5. The smallest absolute Gasteiger partial charge is 0.232 e. The molecule has 0 spiro atoms. The molecule has 2 rings (SSSR count). The number of halogens is 1. The average Bonchev–Trinajstić information content (AvgIpc) is 2.47. The topological polar surface area (TPSA) is 67.3 Å². The summed E-state index contributed by atoms with van der Waals surface area (Å²) in [6.07, 6.45) is 7.43. The van der Waals surface area contributed by atoms with Crippen LogP contribution in [0, 0.1) is 5.41 Å². The lowest BCUT2D eigenvalue weighted by Crippen LogP contribution is -2.35. The van der Waals surface area contributed by atoms with Crippen molar-refractivity contribution in [3.05, 3.63) is 10.7 Å². The highest BCUT2D eigenvalue weighted by Gasteiger charge is 2.31. The van der Waals surface area contributed by atoms with E-state index in [9.17, 15) is 5.11 Å². The third-order valence-electron chi connectivity index (χ3n) is 3.78. The molecule has 1 aliphatic carbocycles. The SMILES string of the molecule is COc1nc(NCC2(CO)CCCCC2)ncc1Br.